The molecule has 0 radical (unpaired) electrons. The molecule has 0 aliphatic carbocycles. The van der Waals surface area contributed by atoms with Gasteiger partial charge in [-0.1, -0.05) is 18.2 Å². The molecule has 1 aromatic carbocycles. The van der Waals surface area contributed by atoms with Crippen LogP contribution in [0, 0.1) is 0 Å². The maximum atomic E-state index is 5.94. The van der Waals surface area contributed by atoms with E-state index in [2.05, 4.69) is 0 Å². The molecule has 17 heavy (non-hydrogen) atoms. The third kappa shape index (κ3) is 2.60. The molecular weight excluding hydrogens is 218 g/mol. The van der Waals surface area contributed by atoms with Crippen molar-refractivity contribution in [3.05, 3.63) is 29.8 Å². The normalized spacial score (nSPS) is 28.3. The van der Waals surface area contributed by atoms with E-state index in [1.54, 1.807) is 7.11 Å². The molecule has 0 spiro atoms. The van der Waals surface area contributed by atoms with Crippen molar-refractivity contribution in [2.24, 2.45) is 5.73 Å². The van der Waals surface area contributed by atoms with Crippen LogP contribution in [0.15, 0.2) is 24.3 Å². The van der Waals surface area contributed by atoms with Gasteiger partial charge in [0.1, 0.15) is 11.9 Å². The third-order valence-electron chi connectivity index (χ3n) is 3.02. The molecule has 0 bridgehead atoms. The van der Waals surface area contributed by atoms with E-state index in [0.29, 0.717) is 19.6 Å². The second-order valence-corrected chi connectivity index (χ2v) is 4.33. The Morgan fingerprint density at radius 2 is 2.24 bits per heavy atom. The lowest BCUT2D eigenvalue weighted by Crippen LogP contribution is -2.28. The topological polar surface area (TPSA) is 53.7 Å². The van der Waals surface area contributed by atoms with Gasteiger partial charge < -0.3 is 19.9 Å². The van der Waals surface area contributed by atoms with Crippen molar-refractivity contribution in [3.63, 3.8) is 0 Å². The SMILES string of the molecule is COc1ccccc1C1COC(C)(CCN)O1. The van der Waals surface area contributed by atoms with Crippen LogP contribution in [0.4, 0.5) is 0 Å². The fraction of sp³-hybridized carbons (Fsp3) is 0.538. The molecule has 0 amide bonds. The van der Waals surface area contributed by atoms with E-state index in [1.165, 1.54) is 0 Å². The van der Waals surface area contributed by atoms with E-state index < -0.39 is 5.79 Å². The Balaban J connectivity index is 2.15. The highest BCUT2D eigenvalue weighted by molar-refractivity contribution is 5.35. The van der Waals surface area contributed by atoms with Gasteiger partial charge in [-0.15, -0.1) is 0 Å². The molecule has 2 N–H and O–H groups in total. The number of ether oxygens (including phenoxy) is 3. The van der Waals surface area contributed by atoms with Gasteiger partial charge >= 0.3 is 0 Å². The maximum absolute atomic E-state index is 5.94. The predicted molar refractivity (Wildman–Crippen MR) is 64.8 cm³/mol. The highest BCUT2D eigenvalue weighted by Gasteiger charge is 2.38. The number of para-hydroxylation sites is 1. The standard InChI is InChI=1S/C13H19NO3/c1-13(7-8-14)16-9-12(17-13)10-5-3-4-6-11(10)15-2/h3-6,12H,7-9,14H2,1-2H3. The molecule has 1 heterocycles. The van der Waals surface area contributed by atoms with Crippen LogP contribution < -0.4 is 10.5 Å². The zero-order valence-corrected chi connectivity index (χ0v) is 10.3. The summed E-state index contributed by atoms with van der Waals surface area (Å²) in [6, 6.07) is 7.84. The van der Waals surface area contributed by atoms with Crippen molar-refractivity contribution in [2.45, 2.75) is 25.2 Å². The molecule has 1 aromatic rings. The summed E-state index contributed by atoms with van der Waals surface area (Å²) in [6.45, 7) is 3.02. The smallest absolute Gasteiger partial charge is 0.167 e. The van der Waals surface area contributed by atoms with Crippen molar-refractivity contribution in [3.8, 4) is 5.75 Å². The van der Waals surface area contributed by atoms with Crippen molar-refractivity contribution in [1.29, 1.82) is 0 Å². The Labute approximate surface area is 102 Å². The number of benzene rings is 1. The number of hydrogen-bond donors (Lipinski definition) is 1. The van der Waals surface area contributed by atoms with Crippen LogP contribution in [0.2, 0.25) is 0 Å². The van der Waals surface area contributed by atoms with E-state index >= 15 is 0 Å². The Hall–Kier alpha value is -1.10. The summed E-state index contributed by atoms with van der Waals surface area (Å²) in [5.74, 6) is 0.262. The summed E-state index contributed by atoms with van der Waals surface area (Å²) in [6.07, 6.45) is 0.612. The minimum Gasteiger partial charge on any atom is -0.496 e. The number of nitrogens with two attached hydrogens (primary N) is 1. The van der Waals surface area contributed by atoms with E-state index in [9.17, 15) is 0 Å². The van der Waals surface area contributed by atoms with Crippen molar-refractivity contribution < 1.29 is 14.2 Å². The molecule has 1 aliphatic rings. The van der Waals surface area contributed by atoms with E-state index in [-0.39, 0.29) is 6.10 Å². The molecule has 4 heteroatoms. The van der Waals surface area contributed by atoms with Gasteiger partial charge in [0.05, 0.1) is 13.7 Å². The molecule has 0 saturated carbocycles. The van der Waals surface area contributed by atoms with Gasteiger partial charge in [-0.3, -0.25) is 0 Å². The molecule has 1 saturated heterocycles. The van der Waals surface area contributed by atoms with E-state index in [4.69, 9.17) is 19.9 Å². The number of rotatable bonds is 4. The third-order valence-corrected chi connectivity index (χ3v) is 3.02. The van der Waals surface area contributed by atoms with Crippen LogP contribution in [-0.4, -0.2) is 26.0 Å². The molecular formula is C13H19NO3. The highest BCUT2D eigenvalue weighted by Crippen LogP contribution is 2.38. The highest BCUT2D eigenvalue weighted by atomic mass is 16.7. The molecule has 94 valence electrons. The first-order chi connectivity index (χ1) is 8.18. The largest absolute Gasteiger partial charge is 0.496 e. The average molecular weight is 237 g/mol. The van der Waals surface area contributed by atoms with Gasteiger partial charge in [0.2, 0.25) is 0 Å². The maximum Gasteiger partial charge on any atom is 0.167 e. The fourth-order valence-corrected chi connectivity index (χ4v) is 2.10. The molecule has 2 atom stereocenters. The summed E-state index contributed by atoms with van der Waals surface area (Å²) in [7, 11) is 1.66. The molecule has 2 rings (SSSR count). The van der Waals surface area contributed by atoms with Gasteiger partial charge in [0.15, 0.2) is 5.79 Å². The zero-order valence-electron chi connectivity index (χ0n) is 10.3. The van der Waals surface area contributed by atoms with Crippen LogP contribution in [0.3, 0.4) is 0 Å². The van der Waals surface area contributed by atoms with E-state index in [0.717, 1.165) is 11.3 Å². The predicted octanol–water partition coefficient (Wildman–Crippen LogP) is 1.85. The second kappa shape index (κ2) is 5.04. The molecule has 2 unspecified atom stereocenters. The lowest BCUT2D eigenvalue weighted by molar-refractivity contribution is -0.157. The van der Waals surface area contributed by atoms with Crippen molar-refractivity contribution in [1.82, 2.24) is 0 Å². The van der Waals surface area contributed by atoms with Gasteiger partial charge in [0, 0.05) is 12.0 Å². The minimum atomic E-state index is -0.569. The Morgan fingerprint density at radius 1 is 1.47 bits per heavy atom. The summed E-state index contributed by atoms with van der Waals surface area (Å²) in [5, 5.41) is 0. The summed E-state index contributed by atoms with van der Waals surface area (Å²) in [4.78, 5) is 0. The van der Waals surface area contributed by atoms with Crippen molar-refractivity contribution >= 4 is 0 Å². The van der Waals surface area contributed by atoms with Gasteiger partial charge in [0.25, 0.3) is 0 Å². The first kappa shape index (κ1) is 12.4. The Kier molecular flexibility index (Phi) is 3.66. The fourth-order valence-electron chi connectivity index (χ4n) is 2.10. The van der Waals surface area contributed by atoms with Crippen molar-refractivity contribution in [2.75, 3.05) is 20.3 Å². The average Bonchev–Trinajstić information content (AvgIpc) is 2.72. The monoisotopic (exact) mass is 237 g/mol. The Bertz CT molecular complexity index is 383. The molecule has 0 aromatic heterocycles. The Morgan fingerprint density at radius 3 is 2.94 bits per heavy atom. The first-order valence-electron chi connectivity index (χ1n) is 5.83. The van der Waals surface area contributed by atoms with Gasteiger partial charge in [-0.25, -0.2) is 0 Å². The van der Waals surface area contributed by atoms with Gasteiger partial charge in [-0.2, -0.15) is 0 Å². The summed E-state index contributed by atoms with van der Waals surface area (Å²) < 4.78 is 17.0. The van der Waals surface area contributed by atoms with Crippen LogP contribution in [0.25, 0.3) is 0 Å². The summed E-state index contributed by atoms with van der Waals surface area (Å²) >= 11 is 0. The zero-order chi connectivity index (χ0) is 12.3. The van der Waals surface area contributed by atoms with Crippen LogP contribution in [0.5, 0.6) is 5.75 Å². The minimum absolute atomic E-state index is 0.0808. The first-order valence-corrected chi connectivity index (χ1v) is 5.83. The lowest BCUT2D eigenvalue weighted by atomic mass is 10.1. The second-order valence-electron chi connectivity index (χ2n) is 4.33. The van der Waals surface area contributed by atoms with Gasteiger partial charge in [-0.05, 0) is 19.5 Å². The van der Waals surface area contributed by atoms with Crippen LogP contribution in [-0.2, 0) is 9.47 Å². The quantitative estimate of drug-likeness (QED) is 0.868. The lowest BCUT2D eigenvalue weighted by Gasteiger charge is -2.22. The number of methoxy groups -OCH3 is 1. The molecule has 4 nitrogen and oxygen atoms in total. The van der Waals surface area contributed by atoms with Crippen LogP contribution in [0.1, 0.15) is 25.0 Å². The number of hydrogen-bond acceptors (Lipinski definition) is 4. The molecule has 1 fully saturated rings. The van der Waals surface area contributed by atoms with E-state index in [1.807, 2.05) is 31.2 Å². The summed E-state index contributed by atoms with van der Waals surface area (Å²) in [5.41, 5.74) is 6.57. The van der Waals surface area contributed by atoms with Crippen LogP contribution >= 0.6 is 0 Å². The molecule has 1 aliphatic heterocycles.